The average molecular weight is 1000 g/mol. The number of carbonyl (C=O) groups excluding carboxylic acids is 2. The van der Waals surface area contributed by atoms with Gasteiger partial charge in [-0.2, -0.15) is 0 Å². The molecule has 0 spiro atoms. The molecule has 366 valence electrons. The molecule has 0 radical (unpaired) electrons. The molecule has 4 heterocycles. The van der Waals surface area contributed by atoms with E-state index < -0.39 is 11.8 Å². The molecule has 10 nitrogen and oxygen atoms in total. The summed E-state index contributed by atoms with van der Waals surface area (Å²) < 4.78 is 2.08. The molecular formula is C68H42N8O2. The third-order valence-corrected chi connectivity index (χ3v) is 14.2. The van der Waals surface area contributed by atoms with E-state index in [1.165, 1.54) is 4.90 Å². The highest BCUT2D eigenvalue weighted by atomic mass is 16.2. The van der Waals surface area contributed by atoms with Crippen LogP contribution in [0.5, 0.6) is 0 Å². The van der Waals surface area contributed by atoms with Gasteiger partial charge in [-0.05, 0) is 47.0 Å². The van der Waals surface area contributed by atoms with Gasteiger partial charge in [-0.1, -0.05) is 224 Å². The number of hydrogen-bond donors (Lipinski definition) is 0. The quantitative estimate of drug-likeness (QED) is 0.124. The molecule has 10 aromatic carbocycles. The van der Waals surface area contributed by atoms with E-state index in [2.05, 4.69) is 28.8 Å². The summed E-state index contributed by atoms with van der Waals surface area (Å²) in [5.41, 5.74) is 11.4. The maximum atomic E-state index is 15.7. The molecule has 3 aromatic heterocycles. The zero-order valence-corrected chi connectivity index (χ0v) is 41.6. The van der Waals surface area contributed by atoms with Gasteiger partial charge in [0, 0.05) is 49.7 Å². The molecule has 78 heavy (non-hydrogen) atoms. The van der Waals surface area contributed by atoms with Crippen molar-refractivity contribution in [2.75, 3.05) is 4.90 Å². The number of hydrogen-bond acceptors (Lipinski definition) is 8. The Kier molecular flexibility index (Phi) is 11.2. The maximum Gasteiger partial charge on any atom is 0.268 e. The topological polar surface area (TPSA) is 120 Å². The van der Waals surface area contributed by atoms with Gasteiger partial charge in [-0.15, -0.1) is 0 Å². The van der Waals surface area contributed by atoms with E-state index in [0.29, 0.717) is 51.9 Å². The third kappa shape index (κ3) is 8.08. The van der Waals surface area contributed by atoms with Crippen LogP contribution >= 0.6 is 0 Å². The van der Waals surface area contributed by atoms with E-state index >= 15 is 9.59 Å². The molecule has 0 saturated heterocycles. The molecule has 14 rings (SSSR count). The summed E-state index contributed by atoms with van der Waals surface area (Å²) in [6.45, 7) is 0. The van der Waals surface area contributed by atoms with E-state index in [-0.39, 0.29) is 5.56 Å². The summed E-state index contributed by atoms with van der Waals surface area (Å²) in [5.74, 6) is 2.21. The van der Waals surface area contributed by atoms with E-state index in [9.17, 15) is 0 Å². The summed E-state index contributed by atoms with van der Waals surface area (Å²) in [6.07, 6.45) is 0. The standard InChI is InChI=1S/C68H42N8O2/c77-67-55-32-19-33-56(60(55)68(78)76(67)57-40-49(43-20-7-1-8-21-43)34-37-52(57)44-22-9-2-10-23-44)75-58-41-50(65-71-61(45-24-11-3-12-25-45)69-62(72-65)46-26-13-4-14-27-46)35-38-53(58)54-39-36-51(42-59(54)75)66-73-63(47-28-15-5-16-29-47)70-64(74-66)48-30-17-6-18-31-48/h1-42H. The van der Waals surface area contributed by atoms with Gasteiger partial charge in [-0.25, -0.2) is 34.8 Å². The minimum atomic E-state index is -0.440. The summed E-state index contributed by atoms with van der Waals surface area (Å²) in [4.78, 5) is 62.7. The first kappa shape index (κ1) is 45.7. The Balaban J connectivity index is 1.00. The predicted molar refractivity (Wildman–Crippen MR) is 309 cm³/mol. The zero-order valence-electron chi connectivity index (χ0n) is 41.6. The molecule has 1 aliphatic heterocycles. The van der Waals surface area contributed by atoms with Crippen LogP contribution in [0.2, 0.25) is 0 Å². The molecule has 0 bridgehead atoms. The molecule has 0 fully saturated rings. The smallest absolute Gasteiger partial charge is 0.268 e. The number of rotatable bonds is 10. The van der Waals surface area contributed by atoms with Crippen LogP contribution in [0.4, 0.5) is 5.69 Å². The van der Waals surface area contributed by atoms with Crippen LogP contribution in [0.15, 0.2) is 255 Å². The molecule has 0 atom stereocenters. The fraction of sp³-hybridized carbons (Fsp3) is 0. The molecule has 0 N–H and O–H groups in total. The fourth-order valence-corrected chi connectivity index (χ4v) is 10.5. The molecule has 2 amide bonds. The van der Waals surface area contributed by atoms with Crippen molar-refractivity contribution < 1.29 is 9.59 Å². The summed E-state index contributed by atoms with van der Waals surface area (Å²) in [5, 5.41) is 1.80. The van der Waals surface area contributed by atoms with Crippen LogP contribution in [-0.2, 0) is 0 Å². The van der Waals surface area contributed by atoms with Crippen molar-refractivity contribution in [3.63, 3.8) is 0 Å². The Morgan fingerprint density at radius 3 is 1.05 bits per heavy atom. The van der Waals surface area contributed by atoms with Crippen LogP contribution in [0, 0.1) is 0 Å². The lowest BCUT2D eigenvalue weighted by molar-refractivity contribution is 0.0926. The Morgan fingerprint density at radius 1 is 0.256 bits per heavy atom. The Bertz CT molecular complexity index is 4160. The summed E-state index contributed by atoms with van der Waals surface area (Å²) in [7, 11) is 0. The second kappa shape index (κ2) is 19.1. The first-order valence-electron chi connectivity index (χ1n) is 25.6. The molecule has 13 aromatic rings. The van der Waals surface area contributed by atoms with Crippen molar-refractivity contribution in [3.8, 4) is 96.3 Å². The maximum absolute atomic E-state index is 15.7. The normalized spacial score (nSPS) is 12.1. The van der Waals surface area contributed by atoms with Crippen molar-refractivity contribution in [1.29, 1.82) is 0 Å². The predicted octanol–water partition coefficient (Wildman–Crippen LogP) is 15.3. The van der Waals surface area contributed by atoms with Crippen LogP contribution < -0.4 is 4.90 Å². The van der Waals surface area contributed by atoms with Gasteiger partial charge in [0.1, 0.15) is 0 Å². The minimum absolute atomic E-state index is 0.275. The van der Waals surface area contributed by atoms with E-state index in [4.69, 9.17) is 29.9 Å². The number of nitrogens with zero attached hydrogens (tertiary/aromatic N) is 8. The lowest BCUT2D eigenvalue weighted by atomic mass is 9.97. The number of amides is 2. The lowest BCUT2D eigenvalue weighted by Gasteiger charge is -2.20. The average Bonchev–Trinajstić information content (AvgIpc) is 4.00. The molecule has 10 heteroatoms. The van der Waals surface area contributed by atoms with Crippen LogP contribution in [0.25, 0.3) is 118 Å². The number of benzene rings is 10. The number of anilines is 1. The zero-order chi connectivity index (χ0) is 52.1. The Labute approximate surface area is 448 Å². The van der Waals surface area contributed by atoms with E-state index in [1.807, 2.05) is 224 Å². The molecule has 1 aliphatic rings. The second-order valence-electron chi connectivity index (χ2n) is 19.0. The largest absolute Gasteiger partial charge is 0.308 e. The van der Waals surface area contributed by atoms with Gasteiger partial charge in [-0.3, -0.25) is 9.59 Å². The van der Waals surface area contributed by atoms with Crippen molar-refractivity contribution in [3.05, 3.63) is 266 Å². The fourth-order valence-electron chi connectivity index (χ4n) is 10.5. The van der Waals surface area contributed by atoms with Crippen LogP contribution in [0.1, 0.15) is 20.7 Å². The van der Waals surface area contributed by atoms with Crippen LogP contribution in [-0.4, -0.2) is 46.3 Å². The number of fused-ring (bicyclic) bond motifs is 4. The van der Waals surface area contributed by atoms with E-state index in [1.54, 1.807) is 6.07 Å². The van der Waals surface area contributed by atoms with Gasteiger partial charge >= 0.3 is 0 Å². The van der Waals surface area contributed by atoms with Gasteiger partial charge < -0.3 is 4.57 Å². The number of imide groups is 1. The summed E-state index contributed by atoms with van der Waals surface area (Å²) in [6, 6.07) is 83.2. The van der Waals surface area contributed by atoms with Gasteiger partial charge in [0.05, 0.1) is 33.5 Å². The molecule has 0 aliphatic carbocycles. The molecule has 0 unspecified atom stereocenters. The first-order chi connectivity index (χ1) is 38.5. The molecule has 0 saturated carbocycles. The second-order valence-corrected chi connectivity index (χ2v) is 19.0. The Hall–Kier alpha value is -10.8. The highest BCUT2D eigenvalue weighted by Crippen LogP contribution is 2.43. The highest BCUT2D eigenvalue weighted by Gasteiger charge is 2.41. The van der Waals surface area contributed by atoms with Gasteiger partial charge in [0.15, 0.2) is 34.9 Å². The highest BCUT2D eigenvalue weighted by molar-refractivity contribution is 6.36. The van der Waals surface area contributed by atoms with Crippen molar-refractivity contribution >= 4 is 39.3 Å². The number of aromatic nitrogens is 7. The SMILES string of the molecule is O=C1c2cccc(-n3c4cc(-c5nc(-c6ccccc6)nc(-c6ccccc6)n5)ccc4c4ccc(-c5nc(-c6ccccc6)nc(-c6ccccc6)n5)cc43)c2C(=O)N1c1cc(-c2ccccc2)ccc1-c1ccccc1. The van der Waals surface area contributed by atoms with E-state index in [0.717, 1.165) is 77.4 Å². The van der Waals surface area contributed by atoms with Crippen molar-refractivity contribution in [2.45, 2.75) is 0 Å². The first-order valence-corrected chi connectivity index (χ1v) is 25.6. The lowest BCUT2D eigenvalue weighted by Crippen LogP contribution is -2.30. The van der Waals surface area contributed by atoms with Crippen LogP contribution in [0.3, 0.4) is 0 Å². The minimum Gasteiger partial charge on any atom is -0.308 e. The van der Waals surface area contributed by atoms with Gasteiger partial charge in [0.25, 0.3) is 11.8 Å². The Morgan fingerprint density at radius 2 is 0.628 bits per heavy atom. The molecular weight excluding hydrogens is 961 g/mol. The van der Waals surface area contributed by atoms with Gasteiger partial charge in [0.2, 0.25) is 0 Å². The number of carbonyl (C=O) groups is 2. The van der Waals surface area contributed by atoms with Crippen molar-refractivity contribution in [1.82, 2.24) is 34.5 Å². The summed E-state index contributed by atoms with van der Waals surface area (Å²) >= 11 is 0. The monoisotopic (exact) mass is 1000 g/mol. The third-order valence-electron chi connectivity index (χ3n) is 14.2. The van der Waals surface area contributed by atoms with Crippen molar-refractivity contribution in [2.24, 2.45) is 0 Å².